The molecule has 0 amide bonds. The van der Waals surface area contributed by atoms with Crippen LogP contribution in [0, 0.1) is 5.92 Å². The topological polar surface area (TPSA) is 76.3 Å². The molecule has 3 rings (SSSR count). The van der Waals surface area contributed by atoms with Crippen molar-refractivity contribution >= 4 is 20.9 Å². The van der Waals surface area contributed by atoms with Crippen molar-refractivity contribution in [2.75, 3.05) is 13.1 Å². The molecule has 1 aromatic carbocycles. The van der Waals surface area contributed by atoms with Gasteiger partial charge in [0.2, 0.25) is 10.0 Å². The number of benzene rings is 1. The third-order valence-electron chi connectivity index (χ3n) is 4.49. The number of fused-ring (bicyclic) bond motifs is 1. The van der Waals surface area contributed by atoms with Crippen LogP contribution in [0.2, 0.25) is 0 Å². The summed E-state index contributed by atoms with van der Waals surface area (Å²) in [4.78, 5) is 4.55. The molecule has 2 N–H and O–H groups in total. The van der Waals surface area contributed by atoms with E-state index in [0.717, 1.165) is 18.2 Å². The lowest BCUT2D eigenvalue weighted by Crippen LogP contribution is -2.51. The second-order valence-corrected chi connectivity index (χ2v) is 7.73. The predicted octanol–water partition coefficient (Wildman–Crippen LogP) is 1.98. The Bertz CT molecular complexity index is 771. The van der Waals surface area contributed by atoms with Crippen LogP contribution in [0.15, 0.2) is 41.4 Å². The number of para-hydroxylation sites is 1. The highest BCUT2D eigenvalue weighted by Gasteiger charge is 2.37. The van der Waals surface area contributed by atoms with Crippen molar-refractivity contribution in [3.8, 4) is 0 Å². The van der Waals surface area contributed by atoms with Crippen molar-refractivity contribution in [3.63, 3.8) is 0 Å². The molecule has 2 aromatic rings. The first-order valence-corrected chi connectivity index (χ1v) is 9.05. The van der Waals surface area contributed by atoms with Gasteiger partial charge in [0.1, 0.15) is 4.90 Å². The zero-order chi connectivity index (χ0) is 15.7. The normalized spacial score (nSPS) is 23.7. The molecule has 22 heavy (non-hydrogen) atoms. The fourth-order valence-corrected chi connectivity index (χ4v) is 5.21. The third kappa shape index (κ3) is 2.51. The predicted molar refractivity (Wildman–Crippen MR) is 86.9 cm³/mol. The van der Waals surface area contributed by atoms with Gasteiger partial charge in [-0.25, -0.2) is 8.42 Å². The Hall–Kier alpha value is -1.50. The minimum atomic E-state index is -3.59. The van der Waals surface area contributed by atoms with E-state index < -0.39 is 10.0 Å². The van der Waals surface area contributed by atoms with Gasteiger partial charge in [-0.1, -0.05) is 25.1 Å². The van der Waals surface area contributed by atoms with Gasteiger partial charge in [-0.05, 0) is 30.9 Å². The molecule has 0 bridgehead atoms. The van der Waals surface area contributed by atoms with E-state index in [1.54, 1.807) is 22.6 Å². The Morgan fingerprint density at radius 1 is 1.32 bits per heavy atom. The van der Waals surface area contributed by atoms with Crippen LogP contribution >= 0.6 is 0 Å². The lowest BCUT2D eigenvalue weighted by atomic mass is 9.93. The van der Waals surface area contributed by atoms with Gasteiger partial charge in [0.25, 0.3) is 0 Å². The van der Waals surface area contributed by atoms with Gasteiger partial charge >= 0.3 is 0 Å². The number of sulfonamides is 1. The van der Waals surface area contributed by atoms with Gasteiger partial charge in [-0.2, -0.15) is 4.31 Å². The molecule has 0 saturated carbocycles. The Balaban J connectivity index is 2.12. The van der Waals surface area contributed by atoms with Gasteiger partial charge in [0.05, 0.1) is 5.52 Å². The van der Waals surface area contributed by atoms with Gasteiger partial charge in [0.15, 0.2) is 0 Å². The number of nitrogens with two attached hydrogens (primary N) is 1. The van der Waals surface area contributed by atoms with Crippen LogP contribution in [0.4, 0.5) is 0 Å². The molecule has 2 heterocycles. The van der Waals surface area contributed by atoms with Crippen molar-refractivity contribution in [2.24, 2.45) is 11.7 Å². The number of rotatable bonds is 3. The highest BCUT2D eigenvalue weighted by molar-refractivity contribution is 7.89. The summed E-state index contributed by atoms with van der Waals surface area (Å²) in [6.45, 7) is 2.94. The van der Waals surface area contributed by atoms with E-state index in [9.17, 15) is 8.42 Å². The van der Waals surface area contributed by atoms with Crippen LogP contribution in [0.3, 0.4) is 0 Å². The average molecular weight is 319 g/mol. The van der Waals surface area contributed by atoms with Crippen LogP contribution in [-0.4, -0.2) is 36.8 Å². The number of aromatic nitrogens is 1. The lowest BCUT2D eigenvalue weighted by molar-refractivity contribution is 0.192. The van der Waals surface area contributed by atoms with Crippen LogP contribution < -0.4 is 5.73 Å². The molecular weight excluding hydrogens is 298 g/mol. The Morgan fingerprint density at radius 2 is 2.09 bits per heavy atom. The minimum absolute atomic E-state index is 0.141. The van der Waals surface area contributed by atoms with E-state index in [2.05, 4.69) is 11.9 Å². The Labute approximate surface area is 131 Å². The zero-order valence-corrected chi connectivity index (χ0v) is 13.5. The molecule has 0 aliphatic carbocycles. The van der Waals surface area contributed by atoms with Gasteiger partial charge in [-0.15, -0.1) is 0 Å². The smallest absolute Gasteiger partial charge is 0.245 e. The molecule has 1 saturated heterocycles. The summed E-state index contributed by atoms with van der Waals surface area (Å²) in [6.07, 6.45) is 3.51. The van der Waals surface area contributed by atoms with E-state index >= 15 is 0 Å². The van der Waals surface area contributed by atoms with Crippen LogP contribution in [0.25, 0.3) is 10.9 Å². The number of hydrogen-bond acceptors (Lipinski definition) is 4. The van der Waals surface area contributed by atoms with E-state index in [1.165, 1.54) is 0 Å². The third-order valence-corrected chi connectivity index (χ3v) is 6.44. The monoisotopic (exact) mass is 319 g/mol. The largest absolute Gasteiger partial charge is 0.329 e. The van der Waals surface area contributed by atoms with Crippen molar-refractivity contribution in [2.45, 2.75) is 30.7 Å². The van der Waals surface area contributed by atoms with Crippen molar-refractivity contribution in [1.29, 1.82) is 0 Å². The molecule has 1 aliphatic heterocycles. The standard InChI is InChI=1S/C16H21N3O2S/c1-12-5-4-10-19(14(12)11-17)22(20,21)15-8-2-6-13-7-3-9-18-16(13)15/h2-3,6-9,12,14H,4-5,10-11,17H2,1H3/t12-,14-/m1/s1. The second-order valence-electron chi connectivity index (χ2n) is 5.87. The van der Waals surface area contributed by atoms with Gasteiger partial charge < -0.3 is 5.73 Å². The van der Waals surface area contributed by atoms with E-state index in [1.807, 2.05) is 18.2 Å². The first kappa shape index (κ1) is 15.4. The first-order valence-electron chi connectivity index (χ1n) is 7.61. The summed E-state index contributed by atoms with van der Waals surface area (Å²) in [7, 11) is -3.59. The van der Waals surface area contributed by atoms with Crippen molar-refractivity contribution in [1.82, 2.24) is 9.29 Å². The summed E-state index contributed by atoms with van der Waals surface area (Å²) < 4.78 is 27.9. The molecule has 2 atom stereocenters. The summed E-state index contributed by atoms with van der Waals surface area (Å²) in [5.41, 5.74) is 6.38. The maximum atomic E-state index is 13.1. The quantitative estimate of drug-likeness (QED) is 0.938. The summed E-state index contributed by atoms with van der Waals surface area (Å²) in [5.74, 6) is 0.275. The molecule has 1 aliphatic rings. The highest BCUT2D eigenvalue weighted by Crippen LogP contribution is 2.31. The van der Waals surface area contributed by atoms with Crippen LogP contribution in [0.1, 0.15) is 19.8 Å². The molecule has 0 unspecified atom stereocenters. The molecule has 5 nitrogen and oxygen atoms in total. The number of pyridine rings is 1. The van der Waals surface area contributed by atoms with Gasteiger partial charge in [0, 0.05) is 30.7 Å². The second kappa shape index (κ2) is 5.95. The van der Waals surface area contributed by atoms with Crippen LogP contribution in [-0.2, 0) is 10.0 Å². The molecule has 0 spiro atoms. The minimum Gasteiger partial charge on any atom is -0.329 e. The maximum absolute atomic E-state index is 13.1. The molecule has 6 heteroatoms. The van der Waals surface area contributed by atoms with E-state index in [4.69, 9.17) is 5.73 Å². The molecule has 1 fully saturated rings. The highest BCUT2D eigenvalue weighted by atomic mass is 32.2. The lowest BCUT2D eigenvalue weighted by Gasteiger charge is -2.38. The number of nitrogens with zero attached hydrogens (tertiary/aromatic N) is 2. The molecule has 118 valence electrons. The Morgan fingerprint density at radius 3 is 2.86 bits per heavy atom. The van der Waals surface area contributed by atoms with E-state index in [0.29, 0.717) is 18.6 Å². The average Bonchev–Trinajstić information content (AvgIpc) is 2.54. The van der Waals surface area contributed by atoms with E-state index in [-0.39, 0.29) is 16.9 Å². The van der Waals surface area contributed by atoms with Crippen molar-refractivity contribution < 1.29 is 8.42 Å². The number of hydrogen-bond donors (Lipinski definition) is 1. The molecular formula is C16H21N3O2S. The summed E-state index contributed by atoms with van der Waals surface area (Å²) >= 11 is 0. The maximum Gasteiger partial charge on any atom is 0.245 e. The fourth-order valence-electron chi connectivity index (χ4n) is 3.27. The van der Waals surface area contributed by atoms with Crippen molar-refractivity contribution in [3.05, 3.63) is 36.5 Å². The number of piperidine rings is 1. The zero-order valence-electron chi connectivity index (χ0n) is 12.6. The summed E-state index contributed by atoms with van der Waals surface area (Å²) in [5, 5.41) is 0.831. The molecule has 0 radical (unpaired) electrons. The summed E-state index contributed by atoms with van der Waals surface area (Å²) in [6, 6.07) is 8.82. The molecule has 1 aromatic heterocycles. The first-order chi connectivity index (χ1) is 10.6. The van der Waals surface area contributed by atoms with Gasteiger partial charge in [-0.3, -0.25) is 4.98 Å². The fraction of sp³-hybridized carbons (Fsp3) is 0.438. The van der Waals surface area contributed by atoms with Crippen LogP contribution in [0.5, 0.6) is 0 Å². The Kier molecular flexibility index (Phi) is 4.16. The SMILES string of the molecule is C[C@@H]1CCCN(S(=O)(=O)c2cccc3cccnc23)[C@@H]1CN.